The fourth-order valence-corrected chi connectivity index (χ4v) is 4.08. The molecule has 1 rings (SSSR count). The number of nitrogens with one attached hydrogen (secondary N) is 3. The summed E-state index contributed by atoms with van der Waals surface area (Å²) < 4.78 is 32.2. The Balaban J connectivity index is 1.85. The number of benzene rings is 1. The molecule has 0 heterocycles. The maximum absolute atomic E-state index is 12.0. The van der Waals surface area contributed by atoms with Crippen LogP contribution in [0.4, 0.5) is 0 Å². The third-order valence-electron chi connectivity index (χ3n) is 4.93. The first-order valence-electron chi connectivity index (χ1n) is 11.7. The highest BCUT2D eigenvalue weighted by molar-refractivity contribution is 7.89. The Morgan fingerprint density at radius 1 is 0.818 bits per heavy atom. The van der Waals surface area contributed by atoms with Crippen molar-refractivity contribution in [3.05, 3.63) is 42.5 Å². The molecule has 33 heavy (non-hydrogen) atoms. The predicted octanol–water partition coefficient (Wildman–Crippen LogP) is 2.91. The van der Waals surface area contributed by atoms with Crippen molar-refractivity contribution in [2.45, 2.75) is 62.7 Å². The summed E-state index contributed by atoms with van der Waals surface area (Å²) in [6, 6.07) is 8.32. The predicted molar refractivity (Wildman–Crippen MR) is 130 cm³/mol. The summed E-state index contributed by atoms with van der Waals surface area (Å²) in [5.74, 6) is -1.18. The number of hydrogen-bond acceptors (Lipinski definition) is 5. The smallest absolute Gasteiger partial charge is 0.309 e. The van der Waals surface area contributed by atoms with Crippen LogP contribution in [0.25, 0.3) is 0 Å². The molecular formula is C24H39N3O5S. The van der Waals surface area contributed by atoms with Crippen LogP contribution in [0, 0.1) is 0 Å². The molecule has 0 saturated heterocycles. The molecule has 0 saturated carbocycles. The second-order valence-corrected chi connectivity index (χ2v) is 9.45. The number of hydrogen-bond donors (Lipinski definition) is 3. The number of amides is 2. The minimum Gasteiger partial charge on any atom is -0.380 e. The van der Waals surface area contributed by atoms with Crippen LogP contribution < -0.4 is 15.4 Å². The van der Waals surface area contributed by atoms with Gasteiger partial charge >= 0.3 is 11.8 Å². The molecule has 0 unspecified atom stereocenters. The Bertz CT molecular complexity index is 798. The average molecular weight is 482 g/mol. The van der Waals surface area contributed by atoms with Gasteiger partial charge in [0.2, 0.25) is 10.0 Å². The minimum atomic E-state index is -3.45. The number of allylic oxidation sites excluding steroid dienone is 2. The van der Waals surface area contributed by atoms with Crippen LogP contribution >= 0.6 is 0 Å². The number of carbonyl (C=O) groups excluding carboxylic acids is 2. The number of sulfonamides is 1. The van der Waals surface area contributed by atoms with Crippen LogP contribution in [-0.4, -0.2) is 53.6 Å². The lowest BCUT2D eigenvalue weighted by Gasteiger charge is -2.07. The maximum atomic E-state index is 12.0. The molecule has 0 radical (unpaired) electrons. The first kappa shape index (κ1) is 28.8. The summed E-state index contributed by atoms with van der Waals surface area (Å²) in [4.78, 5) is 22.5. The van der Waals surface area contributed by atoms with E-state index in [0.717, 1.165) is 38.5 Å². The SMILES string of the molecule is CNC(=O)C(=O)NCCCCC=CCCCCCCCOCCNS(=O)(=O)c1ccccc1. The van der Waals surface area contributed by atoms with Gasteiger partial charge in [0.05, 0.1) is 11.5 Å². The van der Waals surface area contributed by atoms with Gasteiger partial charge in [0, 0.05) is 26.7 Å². The van der Waals surface area contributed by atoms with Crippen molar-refractivity contribution in [2.75, 3.05) is 33.4 Å². The van der Waals surface area contributed by atoms with Crippen LogP contribution in [0.1, 0.15) is 57.8 Å². The van der Waals surface area contributed by atoms with Crippen LogP contribution in [0.2, 0.25) is 0 Å². The highest BCUT2D eigenvalue weighted by Crippen LogP contribution is 2.08. The lowest BCUT2D eigenvalue weighted by molar-refractivity contribution is -0.138. The Kier molecular flexibility index (Phi) is 15.9. The standard InChI is InChI=1S/C24H39N3O5S/c1-25-23(28)24(29)26-18-14-9-7-5-3-2-4-6-8-10-15-20-32-21-19-27-33(30,31)22-16-12-11-13-17-22/h3,5,11-13,16-17,27H,2,4,6-10,14-15,18-21H2,1H3,(H,25,28)(H,26,29). The first-order valence-corrected chi connectivity index (χ1v) is 13.2. The van der Waals surface area contributed by atoms with Crippen molar-refractivity contribution in [2.24, 2.45) is 0 Å². The first-order chi connectivity index (χ1) is 16.0. The molecule has 0 aliphatic heterocycles. The van der Waals surface area contributed by atoms with Gasteiger partial charge in [-0.15, -0.1) is 0 Å². The van der Waals surface area contributed by atoms with Crippen molar-refractivity contribution < 1.29 is 22.7 Å². The highest BCUT2D eigenvalue weighted by Gasteiger charge is 2.11. The van der Waals surface area contributed by atoms with Gasteiger partial charge in [-0.25, -0.2) is 13.1 Å². The Labute approximate surface area is 198 Å². The molecule has 0 aliphatic rings. The Morgan fingerprint density at radius 2 is 1.45 bits per heavy atom. The second-order valence-electron chi connectivity index (χ2n) is 7.68. The Hall–Kier alpha value is -2.23. The summed E-state index contributed by atoms with van der Waals surface area (Å²) in [5, 5.41) is 4.88. The van der Waals surface area contributed by atoms with Gasteiger partial charge in [-0.1, -0.05) is 49.6 Å². The molecule has 186 valence electrons. The van der Waals surface area contributed by atoms with E-state index in [9.17, 15) is 18.0 Å². The van der Waals surface area contributed by atoms with Crippen molar-refractivity contribution in [1.82, 2.24) is 15.4 Å². The molecule has 0 atom stereocenters. The third kappa shape index (κ3) is 14.5. The molecule has 8 nitrogen and oxygen atoms in total. The average Bonchev–Trinajstić information content (AvgIpc) is 2.83. The van der Waals surface area contributed by atoms with Gasteiger partial charge < -0.3 is 15.4 Å². The van der Waals surface area contributed by atoms with Crippen LogP contribution in [0.5, 0.6) is 0 Å². The second kappa shape index (κ2) is 18.2. The molecule has 3 N–H and O–H groups in total. The van der Waals surface area contributed by atoms with Crippen LogP contribution in [-0.2, 0) is 24.3 Å². The van der Waals surface area contributed by atoms with Crippen molar-refractivity contribution in [3.8, 4) is 0 Å². The topological polar surface area (TPSA) is 114 Å². The molecule has 1 aromatic rings. The van der Waals surface area contributed by atoms with Crippen LogP contribution in [0.3, 0.4) is 0 Å². The fourth-order valence-electron chi connectivity index (χ4n) is 3.05. The number of likely N-dealkylation sites (N-methyl/N-ethyl adjacent to an activating group) is 1. The molecule has 1 aromatic carbocycles. The van der Waals surface area contributed by atoms with E-state index >= 15 is 0 Å². The summed E-state index contributed by atoms with van der Waals surface area (Å²) in [6.07, 6.45) is 13.9. The zero-order valence-corrected chi connectivity index (χ0v) is 20.5. The normalized spacial score (nSPS) is 11.5. The monoisotopic (exact) mass is 481 g/mol. The number of unbranched alkanes of at least 4 members (excludes halogenated alkanes) is 7. The van der Waals surface area contributed by atoms with Gasteiger partial charge in [0.1, 0.15) is 0 Å². The van der Waals surface area contributed by atoms with Gasteiger partial charge in [-0.05, 0) is 50.7 Å². The molecule has 0 bridgehead atoms. The van der Waals surface area contributed by atoms with E-state index in [1.54, 1.807) is 30.3 Å². The van der Waals surface area contributed by atoms with E-state index in [1.807, 2.05) is 0 Å². The van der Waals surface area contributed by atoms with Crippen molar-refractivity contribution >= 4 is 21.8 Å². The van der Waals surface area contributed by atoms with E-state index < -0.39 is 21.8 Å². The molecule has 0 spiro atoms. The van der Waals surface area contributed by atoms with Gasteiger partial charge in [0.25, 0.3) is 0 Å². The molecule has 0 aliphatic carbocycles. The van der Waals surface area contributed by atoms with Gasteiger partial charge in [-0.3, -0.25) is 9.59 Å². The summed E-state index contributed by atoms with van der Waals surface area (Å²) in [6.45, 7) is 1.81. The van der Waals surface area contributed by atoms with E-state index in [2.05, 4.69) is 27.5 Å². The zero-order chi connectivity index (χ0) is 24.2. The number of carbonyl (C=O) groups is 2. The fraction of sp³-hybridized carbons (Fsp3) is 0.583. The third-order valence-corrected chi connectivity index (χ3v) is 6.41. The molecule has 9 heteroatoms. The summed E-state index contributed by atoms with van der Waals surface area (Å²) in [5.41, 5.74) is 0. The summed E-state index contributed by atoms with van der Waals surface area (Å²) in [7, 11) is -2.01. The minimum absolute atomic E-state index is 0.268. The molecule has 2 amide bonds. The quantitative estimate of drug-likeness (QED) is 0.169. The maximum Gasteiger partial charge on any atom is 0.309 e. The van der Waals surface area contributed by atoms with Gasteiger partial charge in [-0.2, -0.15) is 0 Å². The number of ether oxygens (including phenoxy) is 1. The van der Waals surface area contributed by atoms with Crippen molar-refractivity contribution in [3.63, 3.8) is 0 Å². The lowest BCUT2D eigenvalue weighted by Crippen LogP contribution is -2.38. The zero-order valence-electron chi connectivity index (χ0n) is 19.7. The largest absolute Gasteiger partial charge is 0.380 e. The highest BCUT2D eigenvalue weighted by atomic mass is 32.2. The van der Waals surface area contributed by atoms with Crippen molar-refractivity contribution in [1.29, 1.82) is 0 Å². The lowest BCUT2D eigenvalue weighted by atomic mass is 10.1. The number of rotatable bonds is 18. The van der Waals surface area contributed by atoms with Crippen LogP contribution in [0.15, 0.2) is 47.4 Å². The summed E-state index contributed by atoms with van der Waals surface area (Å²) >= 11 is 0. The van der Waals surface area contributed by atoms with E-state index in [4.69, 9.17) is 4.74 Å². The van der Waals surface area contributed by atoms with E-state index in [-0.39, 0.29) is 11.4 Å². The Morgan fingerprint density at radius 3 is 2.15 bits per heavy atom. The molecule has 0 fully saturated rings. The van der Waals surface area contributed by atoms with E-state index in [0.29, 0.717) is 19.8 Å². The van der Waals surface area contributed by atoms with E-state index in [1.165, 1.54) is 26.3 Å². The molecule has 0 aromatic heterocycles. The molecular weight excluding hydrogens is 442 g/mol. The van der Waals surface area contributed by atoms with Gasteiger partial charge in [0.15, 0.2) is 0 Å².